The number of nitrogens with zero attached hydrogens (tertiary/aromatic N) is 1. The highest BCUT2D eigenvalue weighted by Gasteiger charge is 2.25. The van der Waals surface area contributed by atoms with Gasteiger partial charge in [-0.15, -0.1) is 0 Å². The van der Waals surface area contributed by atoms with E-state index in [1.807, 2.05) is 0 Å². The van der Waals surface area contributed by atoms with Gasteiger partial charge < -0.3 is 9.84 Å². The molecule has 3 rings (SSSR count). The van der Waals surface area contributed by atoms with E-state index < -0.39 is 0 Å². The molecule has 0 bridgehead atoms. The number of hydrogen-bond donors (Lipinski definition) is 1. The Kier molecular flexibility index (Phi) is 4.94. The average Bonchev–Trinajstić information content (AvgIpc) is 2.90. The van der Waals surface area contributed by atoms with Crippen molar-refractivity contribution in [3.05, 3.63) is 35.4 Å². The summed E-state index contributed by atoms with van der Waals surface area (Å²) < 4.78 is 5.91. The quantitative estimate of drug-likeness (QED) is 0.904. The highest BCUT2D eigenvalue weighted by molar-refractivity contribution is 5.29. The van der Waals surface area contributed by atoms with Gasteiger partial charge in [0.05, 0.1) is 18.8 Å². The third-order valence-corrected chi connectivity index (χ3v) is 4.96. The van der Waals surface area contributed by atoms with Crippen LogP contribution in [0.5, 0.6) is 0 Å². The molecule has 1 heterocycles. The van der Waals surface area contributed by atoms with Crippen molar-refractivity contribution in [1.29, 1.82) is 0 Å². The molecule has 0 unspecified atom stereocenters. The smallest absolute Gasteiger partial charge is 0.0900 e. The third-order valence-electron chi connectivity index (χ3n) is 4.96. The fourth-order valence-corrected chi connectivity index (χ4v) is 3.65. The van der Waals surface area contributed by atoms with Gasteiger partial charge >= 0.3 is 0 Å². The Morgan fingerprint density at radius 1 is 1.29 bits per heavy atom. The number of rotatable bonds is 5. The van der Waals surface area contributed by atoms with Crippen molar-refractivity contribution in [2.45, 2.75) is 51.4 Å². The predicted molar refractivity (Wildman–Crippen MR) is 84.2 cm³/mol. The monoisotopic (exact) mass is 289 g/mol. The van der Waals surface area contributed by atoms with E-state index in [0.29, 0.717) is 18.6 Å². The van der Waals surface area contributed by atoms with Crippen LogP contribution in [0.15, 0.2) is 24.3 Å². The summed E-state index contributed by atoms with van der Waals surface area (Å²) in [5, 5.41) is 10.2. The van der Waals surface area contributed by atoms with Crippen LogP contribution in [-0.2, 0) is 17.7 Å². The number of fused-ring (bicyclic) bond motifs is 1. The van der Waals surface area contributed by atoms with E-state index in [1.165, 1.54) is 24.0 Å². The maximum absolute atomic E-state index is 10.2. The van der Waals surface area contributed by atoms with Gasteiger partial charge in [-0.25, -0.2) is 0 Å². The van der Waals surface area contributed by atoms with Crippen LogP contribution in [0.2, 0.25) is 0 Å². The molecule has 2 aliphatic rings. The van der Waals surface area contributed by atoms with Crippen LogP contribution in [0.1, 0.15) is 37.3 Å². The van der Waals surface area contributed by atoms with Crippen LogP contribution in [0.4, 0.5) is 0 Å². The molecule has 1 aliphatic carbocycles. The Morgan fingerprint density at radius 3 is 2.86 bits per heavy atom. The molecule has 1 saturated carbocycles. The van der Waals surface area contributed by atoms with Crippen LogP contribution in [0.3, 0.4) is 0 Å². The zero-order valence-electron chi connectivity index (χ0n) is 13.0. The predicted octanol–water partition coefficient (Wildman–Crippen LogP) is 2.61. The minimum absolute atomic E-state index is 0.363. The highest BCUT2D eigenvalue weighted by Crippen LogP contribution is 2.27. The average molecular weight is 289 g/mol. The number of aliphatic hydroxyl groups is 1. The van der Waals surface area contributed by atoms with Gasteiger partial charge in [-0.05, 0) is 36.3 Å². The van der Waals surface area contributed by atoms with Gasteiger partial charge in [-0.1, -0.05) is 37.6 Å². The number of aliphatic hydroxyl groups excluding tert-OH is 1. The second-order valence-corrected chi connectivity index (χ2v) is 6.69. The van der Waals surface area contributed by atoms with E-state index in [2.05, 4.69) is 36.1 Å². The summed E-state index contributed by atoms with van der Waals surface area (Å²) in [6, 6.07) is 8.63. The van der Waals surface area contributed by atoms with Crippen molar-refractivity contribution in [1.82, 2.24) is 4.90 Å². The summed E-state index contributed by atoms with van der Waals surface area (Å²) in [7, 11) is 0. The molecule has 3 nitrogen and oxygen atoms in total. The van der Waals surface area contributed by atoms with Gasteiger partial charge in [0.25, 0.3) is 0 Å². The molecule has 0 radical (unpaired) electrons. The van der Waals surface area contributed by atoms with Crippen LogP contribution in [-0.4, -0.2) is 41.9 Å². The molecule has 116 valence electrons. The maximum Gasteiger partial charge on any atom is 0.0900 e. The Bertz CT molecular complexity index is 462. The Hall–Kier alpha value is -0.900. The second-order valence-electron chi connectivity index (χ2n) is 6.69. The summed E-state index contributed by atoms with van der Waals surface area (Å²) in [5.74, 6) is 0.652. The number of ether oxygens (including phenoxy) is 1. The molecule has 0 spiro atoms. The summed E-state index contributed by atoms with van der Waals surface area (Å²) in [4.78, 5) is 2.34. The SMILES string of the molecule is C[C@H]1CCC[C@H]1OC[C@H](O)CN1CCc2ccccc2C1. The van der Waals surface area contributed by atoms with Gasteiger partial charge in [-0.2, -0.15) is 0 Å². The van der Waals surface area contributed by atoms with E-state index >= 15 is 0 Å². The highest BCUT2D eigenvalue weighted by atomic mass is 16.5. The van der Waals surface area contributed by atoms with E-state index in [9.17, 15) is 5.11 Å². The normalized spacial score (nSPS) is 27.5. The fourth-order valence-electron chi connectivity index (χ4n) is 3.65. The van der Waals surface area contributed by atoms with Crippen LogP contribution >= 0.6 is 0 Å². The van der Waals surface area contributed by atoms with Crippen molar-refractivity contribution in [2.24, 2.45) is 5.92 Å². The molecule has 3 atom stereocenters. The van der Waals surface area contributed by atoms with E-state index in [1.54, 1.807) is 0 Å². The van der Waals surface area contributed by atoms with Gasteiger partial charge in [-0.3, -0.25) is 4.90 Å². The Labute approximate surface area is 127 Å². The molecule has 1 fully saturated rings. The topological polar surface area (TPSA) is 32.7 Å². The maximum atomic E-state index is 10.2. The second kappa shape index (κ2) is 6.91. The zero-order chi connectivity index (χ0) is 14.7. The van der Waals surface area contributed by atoms with Crippen molar-refractivity contribution in [2.75, 3.05) is 19.7 Å². The molecule has 1 aromatic rings. The molecular weight excluding hydrogens is 262 g/mol. The molecule has 1 aliphatic heterocycles. The molecule has 3 heteroatoms. The first-order valence-electron chi connectivity index (χ1n) is 8.31. The van der Waals surface area contributed by atoms with Gasteiger partial charge in [0.1, 0.15) is 0 Å². The first-order valence-corrected chi connectivity index (χ1v) is 8.31. The lowest BCUT2D eigenvalue weighted by Gasteiger charge is -2.30. The zero-order valence-corrected chi connectivity index (χ0v) is 13.0. The van der Waals surface area contributed by atoms with Gasteiger partial charge in [0.15, 0.2) is 0 Å². The lowest BCUT2D eigenvalue weighted by molar-refractivity contribution is -0.0329. The molecule has 0 saturated heterocycles. The molecule has 0 aromatic heterocycles. The first kappa shape index (κ1) is 15.0. The Morgan fingerprint density at radius 2 is 2.10 bits per heavy atom. The van der Waals surface area contributed by atoms with Crippen molar-refractivity contribution in [3.8, 4) is 0 Å². The van der Waals surface area contributed by atoms with Crippen LogP contribution < -0.4 is 0 Å². The van der Waals surface area contributed by atoms with Crippen molar-refractivity contribution < 1.29 is 9.84 Å². The standard InChI is InChI=1S/C18H27NO2/c1-14-5-4-8-18(14)21-13-17(20)12-19-10-9-15-6-2-3-7-16(15)11-19/h2-3,6-7,14,17-18,20H,4-5,8-13H2,1H3/t14-,17+,18+/m0/s1. The summed E-state index contributed by atoms with van der Waals surface area (Å²) >= 11 is 0. The minimum atomic E-state index is -0.372. The van der Waals surface area contributed by atoms with Gasteiger partial charge in [0, 0.05) is 19.6 Å². The summed E-state index contributed by atoms with van der Waals surface area (Å²) in [6.07, 6.45) is 4.77. The molecular formula is C18H27NO2. The molecule has 21 heavy (non-hydrogen) atoms. The largest absolute Gasteiger partial charge is 0.389 e. The Balaban J connectivity index is 1.44. The van der Waals surface area contributed by atoms with Crippen molar-refractivity contribution in [3.63, 3.8) is 0 Å². The van der Waals surface area contributed by atoms with Crippen molar-refractivity contribution >= 4 is 0 Å². The minimum Gasteiger partial charge on any atom is -0.389 e. The molecule has 1 aromatic carbocycles. The van der Waals surface area contributed by atoms with Gasteiger partial charge in [0.2, 0.25) is 0 Å². The lowest BCUT2D eigenvalue weighted by atomic mass is 10.00. The number of hydrogen-bond acceptors (Lipinski definition) is 3. The lowest BCUT2D eigenvalue weighted by Crippen LogP contribution is -2.39. The third kappa shape index (κ3) is 3.85. The molecule has 0 amide bonds. The fraction of sp³-hybridized carbons (Fsp3) is 0.667. The summed E-state index contributed by atoms with van der Waals surface area (Å²) in [6.45, 7) is 5.44. The molecule has 1 N–H and O–H groups in total. The number of β-amino-alcohol motifs (C(OH)–C–C–N with tert-alkyl or cyclic N) is 1. The number of benzene rings is 1. The van der Waals surface area contributed by atoms with E-state index in [0.717, 1.165) is 32.5 Å². The van der Waals surface area contributed by atoms with Crippen LogP contribution in [0, 0.1) is 5.92 Å². The van der Waals surface area contributed by atoms with Crippen LogP contribution in [0.25, 0.3) is 0 Å². The summed E-state index contributed by atoms with van der Waals surface area (Å²) in [5.41, 5.74) is 2.86. The van der Waals surface area contributed by atoms with E-state index in [-0.39, 0.29) is 6.10 Å². The van der Waals surface area contributed by atoms with E-state index in [4.69, 9.17) is 4.74 Å². The first-order chi connectivity index (χ1) is 10.2.